The number of halogens is 1. The molecule has 0 aliphatic rings. The Kier molecular flexibility index (Phi) is 4.73. The van der Waals surface area contributed by atoms with Gasteiger partial charge in [-0.25, -0.2) is 0 Å². The maximum Gasteiger partial charge on any atom is 0.0656 e. The van der Waals surface area contributed by atoms with Crippen LogP contribution in [0.15, 0.2) is 11.4 Å². The summed E-state index contributed by atoms with van der Waals surface area (Å²) >= 11 is 4.02. The minimum Gasteiger partial charge on any atom is -0.271 e. The lowest BCUT2D eigenvalue weighted by atomic mass is 10.1. The fourth-order valence-corrected chi connectivity index (χ4v) is 2.51. The van der Waals surface area contributed by atoms with Crippen molar-refractivity contribution in [2.45, 2.75) is 18.9 Å². The zero-order chi connectivity index (χ0) is 9.68. The molecule has 13 heavy (non-hydrogen) atoms. The summed E-state index contributed by atoms with van der Waals surface area (Å²) in [6.07, 6.45) is 6.84. The van der Waals surface area contributed by atoms with Gasteiger partial charge in [0.15, 0.2) is 0 Å². The number of hydrogen-bond donors (Lipinski definition) is 2. The monoisotopic (exact) mass is 306 g/mol. The number of nitrogens with one attached hydrogen (secondary N) is 1. The van der Waals surface area contributed by atoms with E-state index in [1.807, 2.05) is 0 Å². The van der Waals surface area contributed by atoms with Crippen LogP contribution >= 0.6 is 33.9 Å². The predicted molar refractivity (Wildman–Crippen MR) is 65.2 cm³/mol. The van der Waals surface area contributed by atoms with E-state index >= 15 is 0 Å². The Labute approximate surface area is 96.0 Å². The standard InChI is InChI=1S/C9H11IN2S/c1-2-3-4-8(12-11)7-5-9(10)13-6-7/h1,5-6,8,12H,3-4,11H2. The average molecular weight is 306 g/mol. The highest BCUT2D eigenvalue weighted by Gasteiger charge is 2.09. The van der Waals surface area contributed by atoms with Gasteiger partial charge in [-0.05, 0) is 46.0 Å². The van der Waals surface area contributed by atoms with Crippen LogP contribution in [0.3, 0.4) is 0 Å². The Balaban J connectivity index is 2.62. The van der Waals surface area contributed by atoms with Gasteiger partial charge in [-0.15, -0.1) is 23.7 Å². The van der Waals surface area contributed by atoms with Crippen LogP contribution < -0.4 is 11.3 Å². The van der Waals surface area contributed by atoms with Crippen molar-refractivity contribution in [1.82, 2.24) is 5.43 Å². The molecule has 3 N–H and O–H groups in total. The van der Waals surface area contributed by atoms with E-state index in [4.69, 9.17) is 12.3 Å². The normalized spacial score (nSPS) is 12.4. The minimum atomic E-state index is 0.191. The highest BCUT2D eigenvalue weighted by molar-refractivity contribution is 14.1. The average Bonchev–Trinajstić information content (AvgIpc) is 2.54. The van der Waals surface area contributed by atoms with Crippen molar-refractivity contribution in [3.63, 3.8) is 0 Å². The molecule has 4 heteroatoms. The van der Waals surface area contributed by atoms with E-state index in [0.717, 1.165) is 12.8 Å². The lowest BCUT2D eigenvalue weighted by Gasteiger charge is -2.12. The molecule has 2 nitrogen and oxygen atoms in total. The molecule has 1 atom stereocenters. The van der Waals surface area contributed by atoms with E-state index in [9.17, 15) is 0 Å². The van der Waals surface area contributed by atoms with Crippen molar-refractivity contribution in [3.05, 3.63) is 19.9 Å². The van der Waals surface area contributed by atoms with Crippen LogP contribution in [-0.4, -0.2) is 0 Å². The van der Waals surface area contributed by atoms with Gasteiger partial charge < -0.3 is 0 Å². The van der Waals surface area contributed by atoms with Gasteiger partial charge in [0, 0.05) is 12.5 Å². The van der Waals surface area contributed by atoms with Gasteiger partial charge in [0.1, 0.15) is 0 Å². The minimum absolute atomic E-state index is 0.191. The highest BCUT2D eigenvalue weighted by Crippen LogP contribution is 2.24. The fourth-order valence-electron chi connectivity index (χ4n) is 1.08. The Morgan fingerprint density at radius 3 is 3.00 bits per heavy atom. The van der Waals surface area contributed by atoms with Gasteiger partial charge in [0.25, 0.3) is 0 Å². The zero-order valence-electron chi connectivity index (χ0n) is 7.09. The molecule has 0 radical (unpaired) electrons. The molecule has 0 fully saturated rings. The Morgan fingerprint density at radius 1 is 1.77 bits per heavy atom. The van der Waals surface area contributed by atoms with Crippen LogP contribution in [0.5, 0.6) is 0 Å². The van der Waals surface area contributed by atoms with Crippen LogP contribution in [0.25, 0.3) is 0 Å². The molecule has 0 aromatic carbocycles. The smallest absolute Gasteiger partial charge is 0.0656 e. The molecule has 1 aromatic rings. The van der Waals surface area contributed by atoms with Crippen molar-refractivity contribution in [2.75, 3.05) is 0 Å². The number of rotatable bonds is 4. The van der Waals surface area contributed by atoms with Crippen LogP contribution in [-0.2, 0) is 0 Å². The summed E-state index contributed by atoms with van der Waals surface area (Å²) in [6, 6.07) is 2.32. The van der Waals surface area contributed by atoms with E-state index in [1.54, 1.807) is 11.3 Å². The van der Waals surface area contributed by atoms with Gasteiger partial charge in [-0.2, -0.15) is 0 Å². The number of hydrazine groups is 1. The van der Waals surface area contributed by atoms with Crippen molar-refractivity contribution in [1.29, 1.82) is 0 Å². The summed E-state index contributed by atoms with van der Waals surface area (Å²) < 4.78 is 1.27. The summed E-state index contributed by atoms with van der Waals surface area (Å²) in [7, 11) is 0. The Hall–Kier alpha value is -0.0900. The third-order valence-corrected chi connectivity index (χ3v) is 3.58. The summed E-state index contributed by atoms with van der Waals surface area (Å²) in [4.78, 5) is 0. The molecule has 0 bridgehead atoms. The van der Waals surface area contributed by atoms with Gasteiger partial charge in [0.05, 0.1) is 2.88 Å². The van der Waals surface area contributed by atoms with Crippen molar-refractivity contribution >= 4 is 33.9 Å². The van der Waals surface area contributed by atoms with E-state index < -0.39 is 0 Å². The number of terminal acetylenes is 1. The summed E-state index contributed by atoms with van der Waals surface area (Å²) in [6.45, 7) is 0. The molecule has 0 saturated carbocycles. The van der Waals surface area contributed by atoms with Gasteiger partial charge >= 0.3 is 0 Å². The van der Waals surface area contributed by atoms with Crippen LogP contribution in [0.1, 0.15) is 24.4 Å². The van der Waals surface area contributed by atoms with Gasteiger partial charge in [0.2, 0.25) is 0 Å². The molecule has 0 spiro atoms. The van der Waals surface area contributed by atoms with E-state index in [0.29, 0.717) is 0 Å². The molecule has 0 amide bonds. The van der Waals surface area contributed by atoms with E-state index in [-0.39, 0.29) is 6.04 Å². The van der Waals surface area contributed by atoms with Crippen molar-refractivity contribution in [3.8, 4) is 12.3 Å². The molecule has 0 saturated heterocycles. The first-order valence-electron chi connectivity index (χ1n) is 3.91. The van der Waals surface area contributed by atoms with Crippen molar-refractivity contribution < 1.29 is 0 Å². The Bertz CT molecular complexity index is 303. The van der Waals surface area contributed by atoms with Crippen LogP contribution in [0.4, 0.5) is 0 Å². The first-order chi connectivity index (χ1) is 6.27. The van der Waals surface area contributed by atoms with Crippen LogP contribution in [0.2, 0.25) is 0 Å². The second-order valence-electron chi connectivity index (χ2n) is 2.65. The Morgan fingerprint density at radius 2 is 2.54 bits per heavy atom. The van der Waals surface area contributed by atoms with Crippen LogP contribution in [0, 0.1) is 15.2 Å². The third kappa shape index (κ3) is 3.27. The molecular formula is C9H11IN2S. The fraction of sp³-hybridized carbons (Fsp3) is 0.333. The summed E-state index contributed by atoms with van der Waals surface area (Å²) in [5.41, 5.74) is 4.00. The largest absolute Gasteiger partial charge is 0.271 e. The maximum absolute atomic E-state index is 5.44. The number of nitrogens with two attached hydrogens (primary N) is 1. The molecule has 0 aliphatic heterocycles. The molecule has 1 rings (SSSR count). The molecule has 1 unspecified atom stereocenters. The lowest BCUT2D eigenvalue weighted by molar-refractivity contribution is 0.525. The molecular weight excluding hydrogens is 295 g/mol. The highest BCUT2D eigenvalue weighted by atomic mass is 127. The quantitative estimate of drug-likeness (QED) is 0.388. The third-order valence-electron chi connectivity index (χ3n) is 1.77. The van der Waals surface area contributed by atoms with Gasteiger partial charge in [-0.1, -0.05) is 0 Å². The maximum atomic E-state index is 5.44. The summed E-state index contributed by atoms with van der Waals surface area (Å²) in [5, 5.41) is 2.11. The first-order valence-corrected chi connectivity index (χ1v) is 5.87. The van der Waals surface area contributed by atoms with Gasteiger partial charge in [-0.3, -0.25) is 11.3 Å². The van der Waals surface area contributed by atoms with E-state index in [2.05, 4.69) is 45.4 Å². The lowest BCUT2D eigenvalue weighted by Crippen LogP contribution is -2.27. The second kappa shape index (κ2) is 5.60. The van der Waals surface area contributed by atoms with Crippen molar-refractivity contribution in [2.24, 2.45) is 5.84 Å². The SMILES string of the molecule is C#CCCC(NN)c1csc(I)c1. The number of thiophene rings is 1. The molecule has 1 heterocycles. The zero-order valence-corrected chi connectivity index (χ0v) is 10.1. The predicted octanol–water partition coefficient (Wildman–Crippen LogP) is 2.27. The molecule has 1 aromatic heterocycles. The summed E-state index contributed by atoms with van der Waals surface area (Å²) in [5.74, 6) is 8.05. The topological polar surface area (TPSA) is 38.0 Å². The second-order valence-corrected chi connectivity index (χ2v) is 5.45. The van der Waals surface area contributed by atoms with E-state index in [1.165, 1.54) is 8.45 Å². The first kappa shape index (κ1) is 11.0. The molecule has 70 valence electrons. The molecule has 0 aliphatic carbocycles. The number of hydrogen-bond acceptors (Lipinski definition) is 3.